The molecule has 1 atom stereocenters. The predicted octanol–water partition coefficient (Wildman–Crippen LogP) is 4.93. The second kappa shape index (κ2) is 14.1. The van der Waals surface area contributed by atoms with E-state index in [1.54, 1.807) is 17.3 Å². The van der Waals surface area contributed by atoms with Crippen molar-refractivity contribution in [3.05, 3.63) is 48.3 Å². The molecule has 4 rings (SSSR count). The number of aromatic nitrogens is 1. The van der Waals surface area contributed by atoms with Gasteiger partial charge in [0.25, 0.3) is 11.3 Å². The van der Waals surface area contributed by atoms with Gasteiger partial charge >= 0.3 is 6.09 Å². The van der Waals surface area contributed by atoms with Gasteiger partial charge in [-0.3, -0.25) is 18.7 Å². The van der Waals surface area contributed by atoms with Crippen LogP contribution in [0.2, 0.25) is 0 Å². The van der Waals surface area contributed by atoms with Crippen molar-refractivity contribution in [2.75, 3.05) is 54.2 Å². The molecule has 3 N–H and O–H groups in total. The summed E-state index contributed by atoms with van der Waals surface area (Å²) in [6.45, 7) is 9.72. The van der Waals surface area contributed by atoms with Gasteiger partial charge in [-0.25, -0.2) is 9.00 Å². The summed E-state index contributed by atoms with van der Waals surface area (Å²) in [4.78, 5) is 20.4. The van der Waals surface area contributed by atoms with Crippen LogP contribution in [0.4, 0.5) is 21.9 Å². The summed E-state index contributed by atoms with van der Waals surface area (Å²) in [5.74, 6) is 0. The average Bonchev–Trinajstić information content (AvgIpc) is 2.93. The molecule has 1 saturated heterocycles. The van der Waals surface area contributed by atoms with Gasteiger partial charge in [0.05, 0.1) is 17.1 Å². The zero-order valence-corrected chi connectivity index (χ0v) is 24.8. The van der Waals surface area contributed by atoms with Crippen LogP contribution in [0, 0.1) is 0 Å². The largest absolute Gasteiger partial charge is 0.444 e. The number of rotatable bonds is 10. The number of benzene rings is 1. The third-order valence-corrected chi connectivity index (χ3v) is 8.09. The molecule has 40 heavy (non-hydrogen) atoms. The first-order chi connectivity index (χ1) is 19.2. The number of carbonyl (C=O) groups is 1. The lowest BCUT2D eigenvalue weighted by atomic mass is 9.95. The van der Waals surface area contributed by atoms with Crippen molar-refractivity contribution >= 4 is 34.4 Å². The number of hydrogen-bond donors (Lipinski definition) is 3. The van der Waals surface area contributed by atoms with Gasteiger partial charge < -0.3 is 20.3 Å². The summed E-state index contributed by atoms with van der Waals surface area (Å²) in [7, 11) is 0. The molecule has 10 nitrogen and oxygen atoms in total. The Morgan fingerprint density at radius 1 is 1.07 bits per heavy atom. The number of nitrogens with zero attached hydrogens (tertiary/aromatic N) is 4. The number of piperazine rings is 1. The number of nitrogens with one attached hydrogen (secondary N) is 2. The van der Waals surface area contributed by atoms with E-state index in [1.807, 2.05) is 51.1 Å². The zero-order chi connectivity index (χ0) is 28.5. The molecule has 1 amide bonds. The summed E-state index contributed by atoms with van der Waals surface area (Å²) in [6, 6.07) is 10.3. The van der Waals surface area contributed by atoms with E-state index >= 15 is 0 Å². The Morgan fingerprint density at radius 2 is 1.77 bits per heavy atom. The third-order valence-electron chi connectivity index (χ3n) is 7.32. The molecule has 1 unspecified atom stereocenters. The SMILES string of the molecule is CC(C)(C)OC(=O)N1CCN(CCN(c2ccc(NC3CCCCC3)c(NCc3ccncc3)c2)S(=O)O)CC1. The van der Waals surface area contributed by atoms with E-state index in [2.05, 4.69) is 20.5 Å². The van der Waals surface area contributed by atoms with Crippen LogP contribution < -0.4 is 14.9 Å². The maximum absolute atomic E-state index is 12.4. The van der Waals surface area contributed by atoms with Gasteiger partial charge in [-0.15, -0.1) is 0 Å². The predicted molar refractivity (Wildman–Crippen MR) is 161 cm³/mol. The first kappa shape index (κ1) is 30.1. The molecular weight excluding hydrogens is 528 g/mol. The maximum atomic E-state index is 12.4. The molecular formula is C29H44N6O4S. The van der Waals surface area contributed by atoms with Crippen LogP contribution in [0.3, 0.4) is 0 Å². The van der Waals surface area contributed by atoms with Crippen molar-refractivity contribution in [1.82, 2.24) is 14.8 Å². The quantitative estimate of drug-likeness (QED) is 0.344. The summed E-state index contributed by atoms with van der Waals surface area (Å²) < 4.78 is 29.7. The highest BCUT2D eigenvalue weighted by atomic mass is 32.2. The van der Waals surface area contributed by atoms with Crippen LogP contribution in [-0.4, -0.2) is 80.6 Å². The highest BCUT2D eigenvalue weighted by molar-refractivity contribution is 7.80. The van der Waals surface area contributed by atoms with Crippen LogP contribution in [0.5, 0.6) is 0 Å². The van der Waals surface area contributed by atoms with E-state index in [9.17, 15) is 13.6 Å². The van der Waals surface area contributed by atoms with E-state index in [4.69, 9.17) is 4.74 Å². The van der Waals surface area contributed by atoms with Crippen LogP contribution in [-0.2, 0) is 22.5 Å². The molecule has 0 bridgehead atoms. The van der Waals surface area contributed by atoms with E-state index in [1.165, 1.54) is 23.6 Å². The highest BCUT2D eigenvalue weighted by Crippen LogP contribution is 2.32. The fraction of sp³-hybridized carbons (Fsp3) is 0.586. The second-order valence-electron chi connectivity index (χ2n) is 11.6. The molecule has 1 aromatic carbocycles. The van der Waals surface area contributed by atoms with Crippen LogP contribution in [0.25, 0.3) is 0 Å². The molecule has 11 heteroatoms. The Bertz CT molecular complexity index is 1120. The lowest BCUT2D eigenvalue weighted by Crippen LogP contribution is -2.51. The van der Waals surface area contributed by atoms with Crippen molar-refractivity contribution in [3.63, 3.8) is 0 Å². The molecule has 1 aliphatic carbocycles. The van der Waals surface area contributed by atoms with Gasteiger partial charge in [0.15, 0.2) is 0 Å². The fourth-order valence-corrected chi connectivity index (χ4v) is 5.67. The monoisotopic (exact) mass is 572 g/mol. The molecule has 2 fully saturated rings. The number of carbonyl (C=O) groups excluding carboxylic acids is 1. The molecule has 1 saturated carbocycles. The van der Waals surface area contributed by atoms with Crippen molar-refractivity contribution in [2.45, 2.75) is 71.1 Å². The zero-order valence-electron chi connectivity index (χ0n) is 24.0. The lowest BCUT2D eigenvalue weighted by molar-refractivity contribution is 0.0148. The smallest absolute Gasteiger partial charge is 0.410 e. The number of ether oxygens (including phenoxy) is 1. The summed E-state index contributed by atoms with van der Waals surface area (Å²) in [5, 5.41) is 7.24. The molecule has 1 aromatic heterocycles. The number of anilines is 3. The molecule has 0 spiro atoms. The van der Waals surface area contributed by atoms with Crippen molar-refractivity contribution in [2.24, 2.45) is 0 Å². The molecule has 2 aliphatic rings. The van der Waals surface area contributed by atoms with Crippen molar-refractivity contribution < 1.29 is 18.3 Å². The lowest BCUT2D eigenvalue weighted by Gasteiger charge is -2.36. The van der Waals surface area contributed by atoms with Crippen LogP contribution >= 0.6 is 0 Å². The summed E-state index contributed by atoms with van der Waals surface area (Å²) >= 11 is -2.18. The maximum Gasteiger partial charge on any atom is 0.410 e. The topological polar surface area (TPSA) is 110 Å². The van der Waals surface area contributed by atoms with Crippen molar-refractivity contribution in [3.8, 4) is 0 Å². The molecule has 2 aromatic rings. The van der Waals surface area contributed by atoms with Gasteiger partial charge in [-0.2, -0.15) is 0 Å². The summed E-state index contributed by atoms with van der Waals surface area (Å²) in [6.07, 6.45) is 9.32. The Morgan fingerprint density at radius 3 is 2.42 bits per heavy atom. The van der Waals surface area contributed by atoms with Gasteiger partial charge in [0, 0.05) is 64.2 Å². The van der Waals surface area contributed by atoms with E-state index in [0.29, 0.717) is 57.5 Å². The fourth-order valence-electron chi connectivity index (χ4n) is 5.13. The van der Waals surface area contributed by atoms with E-state index in [-0.39, 0.29) is 6.09 Å². The third kappa shape index (κ3) is 9.07. The molecule has 1 aliphatic heterocycles. The standard InChI is InChI=1S/C29H44N6O4S/c1-29(2,3)39-28(36)34-18-15-33(16-19-34)17-20-35(40(37)38)25-9-10-26(32-24-7-5-4-6-8-24)27(21-25)31-22-23-11-13-30-14-12-23/h9-14,21,24,31-32H,4-8,15-20,22H2,1-3H3,(H,37,38). The number of pyridine rings is 1. The first-order valence-corrected chi connectivity index (χ1v) is 15.4. The molecule has 220 valence electrons. The van der Waals surface area contributed by atoms with Gasteiger partial charge in [0.1, 0.15) is 5.60 Å². The molecule has 0 radical (unpaired) electrons. The number of amides is 1. The Hall–Kier alpha value is -2.89. The minimum absolute atomic E-state index is 0.293. The highest BCUT2D eigenvalue weighted by Gasteiger charge is 2.26. The second-order valence-corrected chi connectivity index (χ2v) is 12.5. The van der Waals surface area contributed by atoms with Gasteiger partial charge in [-0.05, 0) is 69.5 Å². The Balaban J connectivity index is 1.41. The summed E-state index contributed by atoms with van der Waals surface area (Å²) in [5.41, 5.74) is 3.18. The van der Waals surface area contributed by atoms with Crippen LogP contribution in [0.1, 0.15) is 58.4 Å². The Kier molecular flexibility index (Phi) is 10.6. The van der Waals surface area contributed by atoms with Gasteiger partial charge in [0.2, 0.25) is 0 Å². The van der Waals surface area contributed by atoms with Crippen LogP contribution in [0.15, 0.2) is 42.7 Å². The minimum atomic E-state index is -2.18. The van der Waals surface area contributed by atoms with E-state index in [0.717, 1.165) is 29.8 Å². The first-order valence-electron chi connectivity index (χ1n) is 14.3. The minimum Gasteiger partial charge on any atom is -0.444 e. The van der Waals surface area contributed by atoms with E-state index < -0.39 is 16.9 Å². The number of hydrogen-bond acceptors (Lipinski definition) is 7. The average molecular weight is 573 g/mol. The molecule has 2 heterocycles. The normalized spacial score (nSPS) is 17.8. The van der Waals surface area contributed by atoms with Crippen molar-refractivity contribution in [1.29, 1.82) is 0 Å². The Labute approximate surface area is 240 Å². The van der Waals surface area contributed by atoms with Gasteiger partial charge in [-0.1, -0.05) is 19.3 Å².